The molecular formula is C18H24N2O2. The third kappa shape index (κ3) is 2.45. The van der Waals surface area contributed by atoms with Gasteiger partial charge in [0.15, 0.2) is 0 Å². The second kappa shape index (κ2) is 6.21. The van der Waals surface area contributed by atoms with E-state index in [-0.39, 0.29) is 11.8 Å². The van der Waals surface area contributed by atoms with Gasteiger partial charge in [-0.2, -0.15) is 0 Å². The van der Waals surface area contributed by atoms with Crippen LogP contribution in [0, 0.1) is 0 Å². The second-order valence-corrected chi connectivity index (χ2v) is 6.33. The summed E-state index contributed by atoms with van der Waals surface area (Å²) in [7, 11) is 0. The summed E-state index contributed by atoms with van der Waals surface area (Å²) in [4.78, 5) is 26.9. The molecule has 2 aliphatic rings. The summed E-state index contributed by atoms with van der Waals surface area (Å²) in [6, 6.07) is 8.15. The van der Waals surface area contributed by atoms with E-state index >= 15 is 0 Å². The Kier molecular flexibility index (Phi) is 4.30. The van der Waals surface area contributed by atoms with Gasteiger partial charge >= 0.3 is 0 Å². The lowest BCUT2D eigenvalue weighted by molar-refractivity contribution is -0.140. The maximum absolute atomic E-state index is 13.0. The zero-order valence-corrected chi connectivity index (χ0v) is 13.2. The minimum atomic E-state index is -0.579. The van der Waals surface area contributed by atoms with E-state index < -0.39 is 5.41 Å². The van der Waals surface area contributed by atoms with Crippen molar-refractivity contribution in [3.8, 4) is 0 Å². The van der Waals surface area contributed by atoms with E-state index in [1.165, 1.54) is 10.5 Å². The molecule has 2 amide bonds. The molecule has 1 N–H and O–H groups in total. The van der Waals surface area contributed by atoms with E-state index in [0.717, 1.165) is 44.3 Å². The number of rotatable bonds is 5. The molecule has 4 heteroatoms. The van der Waals surface area contributed by atoms with Crippen LogP contribution in [0.15, 0.2) is 24.3 Å². The minimum absolute atomic E-state index is 0.00167. The van der Waals surface area contributed by atoms with Gasteiger partial charge in [-0.3, -0.25) is 14.5 Å². The molecule has 1 fully saturated rings. The van der Waals surface area contributed by atoms with E-state index in [1.807, 2.05) is 18.2 Å². The summed E-state index contributed by atoms with van der Waals surface area (Å²) in [6.07, 6.45) is 3.98. The quantitative estimate of drug-likeness (QED) is 0.668. The SMILES string of the molecule is CCNCCCN1C(=O)CC2(CCCc3ccccc32)C1=O. The van der Waals surface area contributed by atoms with Crippen LogP contribution in [-0.2, 0) is 21.4 Å². The normalized spacial score (nSPS) is 24.1. The Morgan fingerprint density at radius 1 is 1.27 bits per heavy atom. The average Bonchev–Trinajstić information content (AvgIpc) is 2.76. The Labute approximate surface area is 131 Å². The molecule has 0 bridgehead atoms. The minimum Gasteiger partial charge on any atom is -0.317 e. The van der Waals surface area contributed by atoms with Gasteiger partial charge in [-0.25, -0.2) is 0 Å². The molecule has 22 heavy (non-hydrogen) atoms. The van der Waals surface area contributed by atoms with Crippen LogP contribution in [0.2, 0.25) is 0 Å². The smallest absolute Gasteiger partial charge is 0.240 e. The predicted octanol–water partition coefficient (Wildman–Crippen LogP) is 2.02. The number of carbonyl (C=O) groups excluding carboxylic acids is 2. The van der Waals surface area contributed by atoms with E-state index in [1.54, 1.807) is 0 Å². The van der Waals surface area contributed by atoms with Gasteiger partial charge in [0.2, 0.25) is 11.8 Å². The summed E-state index contributed by atoms with van der Waals surface area (Å²) in [5.74, 6) is 0.0272. The topological polar surface area (TPSA) is 49.4 Å². The molecule has 1 aliphatic heterocycles. The molecule has 1 aromatic carbocycles. The molecule has 1 saturated heterocycles. The molecule has 1 heterocycles. The maximum Gasteiger partial charge on any atom is 0.240 e. The van der Waals surface area contributed by atoms with Crippen molar-refractivity contribution in [2.24, 2.45) is 0 Å². The highest BCUT2D eigenvalue weighted by atomic mass is 16.2. The van der Waals surface area contributed by atoms with Gasteiger partial charge in [0.05, 0.1) is 5.41 Å². The lowest BCUT2D eigenvalue weighted by Gasteiger charge is -2.33. The fourth-order valence-corrected chi connectivity index (χ4v) is 3.89. The number of likely N-dealkylation sites (tertiary alicyclic amines) is 1. The number of fused-ring (bicyclic) bond motifs is 2. The van der Waals surface area contributed by atoms with Crippen molar-refractivity contribution in [2.45, 2.75) is 44.4 Å². The number of benzene rings is 1. The van der Waals surface area contributed by atoms with Gasteiger partial charge < -0.3 is 5.32 Å². The van der Waals surface area contributed by atoms with E-state index in [9.17, 15) is 9.59 Å². The lowest BCUT2D eigenvalue weighted by atomic mass is 9.69. The summed E-state index contributed by atoms with van der Waals surface area (Å²) < 4.78 is 0. The van der Waals surface area contributed by atoms with Crippen LogP contribution in [0.1, 0.15) is 43.7 Å². The van der Waals surface area contributed by atoms with Gasteiger partial charge in [0, 0.05) is 13.0 Å². The summed E-state index contributed by atoms with van der Waals surface area (Å²) in [6.45, 7) is 4.35. The fraction of sp³-hybridized carbons (Fsp3) is 0.556. The number of imide groups is 1. The lowest BCUT2D eigenvalue weighted by Crippen LogP contribution is -2.41. The van der Waals surface area contributed by atoms with E-state index in [2.05, 4.69) is 18.3 Å². The van der Waals surface area contributed by atoms with Crippen molar-refractivity contribution in [3.05, 3.63) is 35.4 Å². The van der Waals surface area contributed by atoms with Crippen LogP contribution in [0.25, 0.3) is 0 Å². The highest BCUT2D eigenvalue weighted by Crippen LogP contribution is 2.45. The Bertz CT molecular complexity index is 584. The summed E-state index contributed by atoms with van der Waals surface area (Å²) in [5.41, 5.74) is 1.75. The zero-order chi connectivity index (χ0) is 15.6. The van der Waals surface area contributed by atoms with Crippen LogP contribution >= 0.6 is 0 Å². The third-order valence-electron chi connectivity index (χ3n) is 4.98. The largest absolute Gasteiger partial charge is 0.317 e. The number of hydrogen-bond acceptors (Lipinski definition) is 3. The van der Waals surface area contributed by atoms with Gasteiger partial charge in [-0.15, -0.1) is 0 Å². The molecule has 3 rings (SSSR count). The van der Waals surface area contributed by atoms with E-state index in [4.69, 9.17) is 0 Å². The predicted molar refractivity (Wildman–Crippen MR) is 85.6 cm³/mol. The molecule has 0 radical (unpaired) electrons. The van der Waals surface area contributed by atoms with Crippen molar-refractivity contribution in [2.75, 3.05) is 19.6 Å². The standard InChI is InChI=1S/C18H24N2O2/c1-2-19-11-6-12-20-16(21)13-18(17(20)22)10-5-8-14-7-3-4-9-15(14)18/h3-4,7,9,19H,2,5-6,8,10-13H2,1H3. The van der Waals surface area contributed by atoms with Crippen LogP contribution < -0.4 is 5.32 Å². The molecule has 118 valence electrons. The Morgan fingerprint density at radius 3 is 2.91 bits per heavy atom. The first kappa shape index (κ1) is 15.2. The van der Waals surface area contributed by atoms with Crippen LogP contribution in [0.5, 0.6) is 0 Å². The number of hydrogen-bond donors (Lipinski definition) is 1. The first-order valence-corrected chi connectivity index (χ1v) is 8.33. The number of amides is 2. The monoisotopic (exact) mass is 300 g/mol. The molecule has 1 atom stereocenters. The second-order valence-electron chi connectivity index (χ2n) is 6.33. The van der Waals surface area contributed by atoms with Crippen molar-refractivity contribution >= 4 is 11.8 Å². The van der Waals surface area contributed by atoms with Gasteiger partial charge in [-0.05, 0) is 49.9 Å². The number of nitrogens with zero attached hydrogens (tertiary/aromatic N) is 1. The Balaban J connectivity index is 1.82. The molecule has 1 unspecified atom stereocenters. The average molecular weight is 300 g/mol. The van der Waals surface area contributed by atoms with Gasteiger partial charge in [0.25, 0.3) is 0 Å². The number of aryl methyl sites for hydroxylation is 1. The molecule has 0 aromatic heterocycles. The molecule has 0 saturated carbocycles. The molecule has 1 aliphatic carbocycles. The Hall–Kier alpha value is -1.68. The van der Waals surface area contributed by atoms with Gasteiger partial charge in [-0.1, -0.05) is 31.2 Å². The Morgan fingerprint density at radius 2 is 2.09 bits per heavy atom. The van der Waals surface area contributed by atoms with Gasteiger partial charge in [0.1, 0.15) is 0 Å². The molecular weight excluding hydrogens is 276 g/mol. The van der Waals surface area contributed by atoms with Crippen molar-refractivity contribution < 1.29 is 9.59 Å². The number of nitrogens with one attached hydrogen (secondary N) is 1. The molecule has 1 spiro atoms. The fourth-order valence-electron chi connectivity index (χ4n) is 3.89. The van der Waals surface area contributed by atoms with E-state index in [0.29, 0.717) is 13.0 Å². The first-order chi connectivity index (χ1) is 10.7. The third-order valence-corrected chi connectivity index (χ3v) is 4.98. The molecule has 1 aromatic rings. The van der Waals surface area contributed by atoms with Crippen LogP contribution in [0.3, 0.4) is 0 Å². The highest BCUT2D eigenvalue weighted by molar-refractivity contribution is 6.09. The van der Waals surface area contributed by atoms with Crippen molar-refractivity contribution in [1.82, 2.24) is 10.2 Å². The van der Waals surface area contributed by atoms with Crippen LogP contribution in [-0.4, -0.2) is 36.3 Å². The number of carbonyl (C=O) groups is 2. The van der Waals surface area contributed by atoms with Crippen molar-refractivity contribution in [3.63, 3.8) is 0 Å². The summed E-state index contributed by atoms with van der Waals surface area (Å²) in [5, 5.41) is 3.24. The van der Waals surface area contributed by atoms with Crippen molar-refractivity contribution in [1.29, 1.82) is 0 Å². The highest BCUT2D eigenvalue weighted by Gasteiger charge is 2.53. The first-order valence-electron chi connectivity index (χ1n) is 8.33. The zero-order valence-electron chi connectivity index (χ0n) is 13.2. The molecule has 4 nitrogen and oxygen atoms in total. The summed E-state index contributed by atoms with van der Waals surface area (Å²) >= 11 is 0. The maximum atomic E-state index is 13.0. The van der Waals surface area contributed by atoms with Crippen LogP contribution in [0.4, 0.5) is 0 Å².